The zero-order chi connectivity index (χ0) is 14.7. The van der Waals surface area contributed by atoms with Crippen molar-refractivity contribution >= 4 is 17.7 Å². The number of thioether (sulfide) groups is 1. The lowest BCUT2D eigenvalue weighted by Crippen LogP contribution is -2.35. The third-order valence-electron chi connectivity index (χ3n) is 3.83. The van der Waals surface area contributed by atoms with Gasteiger partial charge in [0.25, 0.3) is 0 Å². The van der Waals surface area contributed by atoms with Crippen molar-refractivity contribution in [2.24, 2.45) is 0 Å². The summed E-state index contributed by atoms with van der Waals surface area (Å²) in [5, 5.41) is 0.195. The molecule has 0 aliphatic carbocycles. The fourth-order valence-electron chi connectivity index (χ4n) is 2.67. The Kier molecular flexibility index (Phi) is 4.25. The van der Waals surface area contributed by atoms with Gasteiger partial charge in [-0.15, -0.1) is 11.8 Å². The van der Waals surface area contributed by atoms with Crippen molar-refractivity contribution in [1.29, 1.82) is 0 Å². The highest BCUT2D eigenvalue weighted by molar-refractivity contribution is 8.01. The Hall–Kier alpha value is -1.81. The molecule has 2 aromatic rings. The lowest BCUT2D eigenvalue weighted by atomic mass is 10.00. The van der Waals surface area contributed by atoms with Crippen molar-refractivity contribution in [2.45, 2.75) is 24.8 Å². The first-order valence-corrected chi connectivity index (χ1v) is 8.15. The molecule has 0 spiro atoms. The maximum absolute atomic E-state index is 12.2. The van der Waals surface area contributed by atoms with Crippen LogP contribution in [0.15, 0.2) is 54.9 Å². The van der Waals surface area contributed by atoms with Crippen LogP contribution in [0.4, 0.5) is 0 Å². The molecule has 1 fully saturated rings. The van der Waals surface area contributed by atoms with Crippen LogP contribution < -0.4 is 0 Å². The summed E-state index contributed by atoms with van der Waals surface area (Å²) in [6, 6.07) is 14.3. The van der Waals surface area contributed by atoms with Crippen LogP contribution in [-0.2, 0) is 11.3 Å². The standard InChI is InChI=1S/C17H18N2OS/c1-13(15-7-3-2-4-8-15)17-19(16(20)12-21-17)11-14-6-5-9-18-10-14/h2-10,13,17H,11-12H2,1H3. The number of amides is 1. The Morgan fingerprint density at radius 1 is 1.29 bits per heavy atom. The molecular weight excluding hydrogens is 280 g/mol. The molecule has 2 heterocycles. The fourth-order valence-corrected chi connectivity index (χ4v) is 3.97. The molecule has 3 rings (SSSR count). The second kappa shape index (κ2) is 6.31. The highest BCUT2D eigenvalue weighted by atomic mass is 32.2. The molecule has 0 N–H and O–H groups in total. The molecule has 1 aliphatic rings. The molecule has 0 bridgehead atoms. The highest BCUT2D eigenvalue weighted by Crippen LogP contribution is 2.36. The van der Waals surface area contributed by atoms with Gasteiger partial charge in [0, 0.05) is 24.9 Å². The molecule has 2 unspecified atom stereocenters. The minimum Gasteiger partial charge on any atom is -0.325 e. The lowest BCUT2D eigenvalue weighted by molar-refractivity contribution is -0.128. The van der Waals surface area contributed by atoms with E-state index >= 15 is 0 Å². The first-order valence-electron chi connectivity index (χ1n) is 7.10. The van der Waals surface area contributed by atoms with Crippen LogP contribution >= 0.6 is 11.8 Å². The van der Waals surface area contributed by atoms with Crippen molar-refractivity contribution in [3.63, 3.8) is 0 Å². The summed E-state index contributed by atoms with van der Waals surface area (Å²) in [4.78, 5) is 18.3. The molecule has 0 saturated carbocycles. The van der Waals surface area contributed by atoms with E-state index in [2.05, 4.69) is 36.2 Å². The van der Waals surface area contributed by atoms with E-state index in [0.29, 0.717) is 18.2 Å². The van der Waals surface area contributed by atoms with Gasteiger partial charge in [0.1, 0.15) is 0 Å². The molecule has 0 radical (unpaired) electrons. The maximum Gasteiger partial charge on any atom is 0.233 e. The number of hydrogen-bond donors (Lipinski definition) is 0. The molecule has 2 atom stereocenters. The van der Waals surface area contributed by atoms with Gasteiger partial charge in [-0.05, 0) is 17.2 Å². The summed E-state index contributed by atoms with van der Waals surface area (Å²) in [6.45, 7) is 2.84. The second-order valence-electron chi connectivity index (χ2n) is 5.28. The highest BCUT2D eigenvalue weighted by Gasteiger charge is 2.35. The lowest BCUT2D eigenvalue weighted by Gasteiger charge is -2.29. The normalized spacial score (nSPS) is 19.8. The molecule has 4 heteroatoms. The number of nitrogens with zero attached hydrogens (tertiary/aromatic N) is 2. The number of carbonyl (C=O) groups excluding carboxylic acids is 1. The Labute approximate surface area is 129 Å². The van der Waals surface area contributed by atoms with Crippen molar-refractivity contribution in [2.75, 3.05) is 5.75 Å². The van der Waals surface area contributed by atoms with Crippen LogP contribution in [-0.4, -0.2) is 26.9 Å². The molecule has 1 aliphatic heterocycles. The van der Waals surface area contributed by atoms with E-state index < -0.39 is 0 Å². The first kappa shape index (κ1) is 14.1. The van der Waals surface area contributed by atoms with Crippen LogP contribution in [0.2, 0.25) is 0 Å². The number of aromatic nitrogens is 1. The molecule has 1 aromatic heterocycles. The Morgan fingerprint density at radius 3 is 2.81 bits per heavy atom. The second-order valence-corrected chi connectivity index (χ2v) is 6.39. The number of rotatable bonds is 4. The Bertz CT molecular complexity index is 603. The van der Waals surface area contributed by atoms with Crippen LogP contribution in [0.1, 0.15) is 24.0 Å². The van der Waals surface area contributed by atoms with Gasteiger partial charge in [0.05, 0.1) is 11.1 Å². The Balaban J connectivity index is 1.79. The van der Waals surface area contributed by atoms with Crippen molar-refractivity contribution < 1.29 is 4.79 Å². The monoisotopic (exact) mass is 298 g/mol. The van der Waals surface area contributed by atoms with E-state index in [1.165, 1.54) is 5.56 Å². The van der Waals surface area contributed by atoms with Crippen LogP contribution in [0.25, 0.3) is 0 Å². The topological polar surface area (TPSA) is 33.2 Å². The summed E-state index contributed by atoms with van der Waals surface area (Å²) in [5.41, 5.74) is 2.36. The number of pyridine rings is 1. The van der Waals surface area contributed by atoms with Crippen molar-refractivity contribution in [1.82, 2.24) is 9.88 Å². The van der Waals surface area contributed by atoms with Crippen LogP contribution in [0.5, 0.6) is 0 Å². The number of carbonyl (C=O) groups is 1. The van der Waals surface area contributed by atoms with Crippen molar-refractivity contribution in [3.05, 3.63) is 66.0 Å². The fraction of sp³-hybridized carbons (Fsp3) is 0.294. The molecular formula is C17H18N2OS. The van der Waals surface area contributed by atoms with Gasteiger partial charge in [-0.3, -0.25) is 9.78 Å². The van der Waals surface area contributed by atoms with E-state index in [0.717, 1.165) is 5.56 Å². The maximum atomic E-state index is 12.2. The van der Waals surface area contributed by atoms with Crippen LogP contribution in [0.3, 0.4) is 0 Å². The van der Waals surface area contributed by atoms with E-state index in [9.17, 15) is 4.79 Å². The summed E-state index contributed by atoms with van der Waals surface area (Å²) in [6.07, 6.45) is 3.59. The summed E-state index contributed by atoms with van der Waals surface area (Å²) in [5.74, 6) is 1.11. The van der Waals surface area contributed by atoms with Gasteiger partial charge in [-0.25, -0.2) is 0 Å². The average molecular weight is 298 g/mol. The van der Waals surface area contributed by atoms with Gasteiger partial charge < -0.3 is 4.90 Å². The van der Waals surface area contributed by atoms with E-state index in [1.54, 1.807) is 18.0 Å². The summed E-state index contributed by atoms with van der Waals surface area (Å²) >= 11 is 1.74. The summed E-state index contributed by atoms with van der Waals surface area (Å²) in [7, 11) is 0. The molecule has 1 saturated heterocycles. The van der Waals surface area contributed by atoms with E-state index in [-0.39, 0.29) is 11.3 Å². The SMILES string of the molecule is CC(c1ccccc1)C1SCC(=O)N1Cc1cccnc1. The van der Waals surface area contributed by atoms with Crippen LogP contribution in [0, 0.1) is 0 Å². The zero-order valence-electron chi connectivity index (χ0n) is 12.0. The zero-order valence-corrected chi connectivity index (χ0v) is 12.8. The number of hydrogen-bond acceptors (Lipinski definition) is 3. The van der Waals surface area contributed by atoms with E-state index in [4.69, 9.17) is 0 Å². The third kappa shape index (κ3) is 3.10. The average Bonchev–Trinajstić information content (AvgIpc) is 2.90. The molecule has 1 amide bonds. The smallest absolute Gasteiger partial charge is 0.233 e. The molecule has 3 nitrogen and oxygen atoms in total. The van der Waals surface area contributed by atoms with Gasteiger partial charge >= 0.3 is 0 Å². The van der Waals surface area contributed by atoms with Gasteiger partial charge in [0.15, 0.2) is 0 Å². The van der Waals surface area contributed by atoms with Gasteiger partial charge in [-0.2, -0.15) is 0 Å². The largest absolute Gasteiger partial charge is 0.325 e. The molecule has 1 aromatic carbocycles. The predicted molar refractivity (Wildman–Crippen MR) is 85.9 cm³/mol. The van der Waals surface area contributed by atoms with Gasteiger partial charge in [-0.1, -0.05) is 43.3 Å². The number of benzene rings is 1. The van der Waals surface area contributed by atoms with Gasteiger partial charge in [0.2, 0.25) is 5.91 Å². The Morgan fingerprint density at radius 2 is 2.10 bits per heavy atom. The molecule has 108 valence electrons. The summed E-state index contributed by atoms with van der Waals surface area (Å²) < 4.78 is 0. The molecule has 21 heavy (non-hydrogen) atoms. The minimum absolute atomic E-state index is 0.195. The van der Waals surface area contributed by atoms with E-state index in [1.807, 2.05) is 29.3 Å². The quantitative estimate of drug-likeness (QED) is 0.868. The van der Waals surface area contributed by atoms with Crippen molar-refractivity contribution in [3.8, 4) is 0 Å². The minimum atomic E-state index is 0.195. The predicted octanol–water partition coefficient (Wildman–Crippen LogP) is 3.29. The third-order valence-corrected chi connectivity index (χ3v) is 5.25. The first-order chi connectivity index (χ1) is 10.3.